The van der Waals surface area contributed by atoms with Crippen LogP contribution in [0.25, 0.3) is 0 Å². The summed E-state index contributed by atoms with van der Waals surface area (Å²) in [4.78, 5) is 2.48. The smallest absolute Gasteiger partial charge is 0.0221 e. The molecule has 1 heterocycles. The van der Waals surface area contributed by atoms with E-state index in [2.05, 4.69) is 48.5 Å². The SMILES string of the molecule is Cc1ccc(CCC2CNCCN2C)cc1. The van der Waals surface area contributed by atoms with Gasteiger partial charge in [-0.05, 0) is 32.4 Å². The minimum atomic E-state index is 0.704. The van der Waals surface area contributed by atoms with E-state index in [1.165, 1.54) is 30.5 Å². The quantitative estimate of drug-likeness (QED) is 0.832. The maximum absolute atomic E-state index is 3.47. The highest BCUT2D eigenvalue weighted by atomic mass is 15.2. The second kappa shape index (κ2) is 5.46. The summed E-state index contributed by atoms with van der Waals surface area (Å²) in [7, 11) is 2.24. The first-order valence-corrected chi connectivity index (χ1v) is 6.22. The van der Waals surface area contributed by atoms with Crippen LogP contribution >= 0.6 is 0 Å². The van der Waals surface area contributed by atoms with Gasteiger partial charge in [0, 0.05) is 25.7 Å². The van der Waals surface area contributed by atoms with Crippen LogP contribution < -0.4 is 5.32 Å². The Kier molecular flexibility index (Phi) is 3.97. The van der Waals surface area contributed by atoms with Crippen molar-refractivity contribution in [2.45, 2.75) is 25.8 Å². The summed E-state index contributed by atoms with van der Waals surface area (Å²) in [5.74, 6) is 0. The molecule has 0 amide bonds. The molecule has 1 N–H and O–H groups in total. The third kappa shape index (κ3) is 3.06. The average Bonchev–Trinajstić information content (AvgIpc) is 2.30. The van der Waals surface area contributed by atoms with Crippen LogP contribution in [0.15, 0.2) is 24.3 Å². The topological polar surface area (TPSA) is 15.3 Å². The number of aryl methyl sites for hydroxylation is 2. The maximum Gasteiger partial charge on any atom is 0.0221 e. The normalized spacial score (nSPS) is 22.2. The van der Waals surface area contributed by atoms with Gasteiger partial charge in [0.25, 0.3) is 0 Å². The molecule has 1 aromatic carbocycles. The molecule has 0 saturated carbocycles. The van der Waals surface area contributed by atoms with Gasteiger partial charge in [0.15, 0.2) is 0 Å². The van der Waals surface area contributed by atoms with Crippen molar-refractivity contribution in [2.75, 3.05) is 26.7 Å². The Morgan fingerprint density at radius 2 is 2.06 bits per heavy atom. The summed E-state index contributed by atoms with van der Waals surface area (Å²) in [6.07, 6.45) is 2.45. The van der Waals surface area contributed by atoms with Gasteiger partial charge in [-0.2, -0.15) is 0 Å². The van der Waals surface area contributed by atoms with Gasteiger partial charge >= 0.3 is 0 Å². The molecule has 1 aliphatic heterocycles. The maximum atomic E-state index is 3.47. The van der Waals surface area contributed by atoms with E-state index in [0.717, 1.165) is 13.1 Å². The highest BCUT2D eigenvalue weighted by Gasteiger charge is 2.17. The van der Waals surface area contributed by atoms with Gasteiger partial charge in [-0.1, -0.05) is 29.8 Å². The van der Waals surface area contributed by atoms with Crippen molar-refractivity contribution in [2.24, 2.45) is 0 Å². The third-order valence-corrected chi connectivity index (χ3v) is 3.53. The number of likely N-dealkylation sites (N-methyl/N-ethyl adjacent to an activating group) is 1. The molecule has 0 aliphatic carbocycles. The van der Waals surface area contributed by atoms with Gasteiger partial charge in [-0.3, -0.25) is 0 Å². The van der Waals surface area contributed by atoms with Crippen LogP contribution in [0.3, 0.4) is 0 Å². The van der Waals surface area contributed by atoms with Crippen molar-refractivity contribution in [1.82, 2.24) is 10.2 Å². The molecule has 2 heteroatoms. The molecule has 1 aliphatic rings. The molecule has 1 atom stereocenters. The fourth-order valence-electron chi connectivity index (χ4n) is 2.27. The fourth-order valence-corrected chi connectivity index (χ4v) is 2.27. The molecule has 2 nitrogen and oxygen atoms in total. The van der Waals surface area contributed by atoms with Crippen molar-refractivity contribution in [3.8, 4) is 0 Å². The van der Waals surface area contributed by atoms with Crippen LogP contribution in [-0.2, 0) is 6.42 Å². The Hall–Kier alpha value is -0.860. The van der Waals surface area contributed by atoms with Crippen molar-refractivity contribution in [1.29, 1.82) is 0 Å². The number of hydrogen-bond acceptors (Lipinski definition) is 2. The summed E-state index contributed by atoms with van der Waals surface area (Å²) in [6.45, 7) is 5.60. The number of hydrogen-bond donors (Lipinski definition) is 1. The minimum absolute atomic E-state index is 0.704. The predicted molar refractivity (Wildman–Crippen MR) is 68.8 cm³/mol. The Balaban J connectivity index is 1.84. The summed E-state index contributed by atoms with van der Waals surface area (Å²) < 4.78 is 0. The lowest BCUT2D eigenvalue weighted by Crippen LogP contribution is -2.49. The van der Waals surface area contributed by atoms with E-state index in [1.54, 1.807) is 0 Å². The number of nitrogens with zero attached hydrogens (tertiary/aromatic N) is 1. The number of benzene rings is 1. The molecule has 88 valence electrons. The predicted octanol–water partition coefficient (Wildman–Crippen LogP) is 1.83. The van der Waals surface area contributed by atoms with Gasteiger partial charge in [-0.25, -0.2) is 0 Å². The van der Waals surface area contributed by atoms with Crippen LogP contribution in [0.1, 0.15) is 17.5 Å². The van der Waals surface area contributed by atoms with Gasteiger partial charge in [0.05, 0.1) is 0 Å². The molecule has 0 spiro atoms. The second-order valence-corrected chi connectivity index (χ2v) is 4.86. The number of nitrogens with one attached hydrogen (secondary N) is 1. The van der Waals surface area contributed by atoms with Gasteiger partial charge < -0.3 is 10.2 Å². The minimum Gasteiger partial charge on any atom is -0.314 e. The molecule has 1 saturated heterocycles. The Morgan fingerprint density at radius 3 is 2.75 bits per heavy atom. The molecule has 1 aromatic rings. The summed E-state index contributed by atoms with van der Waals surface area (Å²) in [5.41, 5.74) is 2.81. The van der Waals surface area contributed by atoms with E-state index >= 15 is 0 Å². The second-order valence-electron chi connectivity index (χ2n) is 4.86. The molecular formula is C14H22N2. The summed E-state index contributed by atoms with van der Waals surface area (Å²) in [6, 6.07) is 9.63. The lowest BCUT2D eigenvalue weighted by atomic mass is 10.0. The van der Waals surface area contributed by atoms with Crippen LogP contribution in [0.2, 0.25) is 0 Å². The first-order chi connectivity index (χ1) is 7.75. The molecule has 1 unspecified atom stereocenters. The van der Waals surface area contributed by atoms with E-state index in [-0.39, 0.29) is 0 Å². The van der Waals surface area contributed by atoms with Crippen molar-refractivity contribution < 1.29 is 0 Å². The zero-order valence-electron chi connectivity index (χ0n) is 10.4. The van der Waals surface area contributed by atoms with E-state index in [9.17, 15) is 0 Å². The van der Waals surface area contributed by atoms with Crippen LogP contribution in [0, 0.1) is 6.92 Å². The monoisotopic (exact) mass is 218 g/mol. The molecule has 0 radical (unpaired) electrons. The molecule has 0 aromatic heterocycles. The lowest BCUT2D eigenvalue weighted by molar-refractivity contribution is 0.191. The molecule has 0 bridgehead atoms. The van der Waals surface area contributed by atoms with Crippen molar-refractivity contribution in [3.63, 3.8) is 0 Å². The van der Waals surface area contributed by atoms with E-state index in [0.29, 0.717) is 6.04 Å². The first-order valence-electron chi connectivity index (χ1n) is 6.22. The number of rotatable bonds is 3. The van der Waals surface area contributed by atoms with Crippen molar-refractivity contribution >= 4 is 0 Å². The van der Waals surface area contributed by atoms with E-state index < -0.39 is 0 Å². The Morgan fingerprint density at radius 1 is 1.31 bits per heavy atom. The van der Waals surface area contributed by atoms with Crippen LogP contribution in [-0.4, -0.2) is 37.6 Å². The van der Waals surface area contributed by atoms with Crippen LogP contribution in [0.5, 0.6) is 0 Å². The molecular weight excluding hydrogens is 196 g/mol. The lowest BCUT2D eigenvalue weighted by Gasteiger charge is -2.33. The highest BCUT2D eigenvalue weighted by molar-refractivity contribution is 5.21. The van der Waals surface area contributed by atoms with Gasteiger partial charge in [0.1, 0.15) is 0 Å². The van der Waals surface area contributed by atoms with Gasteiger partial charge in [0.2, 0.25) is 0 Å². The zero-order chi connectivity index (χ0) is 11.4. The molecule has 1 fully saturated rings. The standard InChI is InChI=1S/C14H22N2/c1-12-3-5-13(6-4-12)7-8-14-11-15-9-10-16(14)2/h3-6,14-15H,7-11H2,1-2H3. The highest BCUT2D eigenvalue weighted by Crippen LogP contribution is 2.11. The average molecular weight is 218 g/mol. The zero-order valence-corrected chi connectivity index (χ0v) is 10.4. The van der Waals surface area contributed by atoms with Crippen LogP contribution in [0.4, 0.5) is 0 Å². The van der Waals surface area contributed by atoms with Gasteiger partial charge in [-0.15, -0.1) is 0 Å². The largest absolute Gasteiger partial charge is 0.314 e. The first kappa shape index (κ1) is 11.6. The fraction of sp³-hybridized carbons (Fsp3) is 0.571. The van der Waals surface area contributed by atoms with E-state index in [1.807, 2.05) is 0 Å². The summed E-state index contributed by atoms with van der Waals surface area (Å²) >= 11 is 0. The Labute approximate surface area is 98.7 Å². The van der Waals surface area contributed by atoms with Crippen molar-refractivity contribution in [3.05, 3.63) is 35.4 Å². The third-order valence-electron chi connectivity index (χ3n) is 3.53. The number of piperazine rings is 1. The molecule has 2 rings (SSSR count). The molecule has 16 heavy (non-hydrogen) atoms. The van der Waals surface area contributed by atoms with E-state index in [4.69, 9.17) is 0 Å². The summed E-state index contributed by atoms with van der Waals surface area (Å²) in [5, 5.41) is 3.47. The Bertz CT molecular complexity index is 318.